The summed E-state index contributed by atoms with van der Waals surface area (Å²) in [5.74, 6) is 0.500. The van der Waals surface area contributed by atoms with Crippen LogP contribution in [0, 0.1) is 5.92 Å². The summed E-state index contributed by atoms with van der Waals surface area (Å²) in [6.07, 6.45) is 2.82. The Balaban J connectivity index is 2.38. The van der Waals surface area contributed by atoms with Crippen LogP contribution in [0.25, 0.3) is 0 Å². The van der Waals surface area contributed by atoms with Crippen molar-refractivity contribution in [3.8, 4) is 0 Å². The van der Waals surface area contributed by atoms with E-state index in [1.165, 1.54) is 0 Å². The van der Waals surface area contributed by atoms with Gasteiger partial charge in [0.15, 0.2) is 0 Å². The van der Waals surface area contributed by atoms with Crippen LogP contribution in [-0.4, -0.2) is 30.6 Å². The van der Waals surface area contributed by atoms with Crippen molar-refractivity contribution in [3.05, 3.63) is 28.5 Å². The quantitative estimate of drug-likeness (QED) is 0.561. The van der Waals surface area contributed by atoms with Gasteiger partial charge in [-0.1, -0.05) is 38.8 Å². The standard InChI is InChI=1S/C16H25ClN2O2/c1-4-5-14-10-13(11-15(17)19-14)16(20)18-7-9-21-8-6-12(2)3/h10-12H,4-9H2,1-3H3,(H,18,20). The maximum atomic E-state index is 12.0. The van der Waals surface area contributed by atoms with E-state index in [9.17, 15) is 4.79 Å². The van der Waals surface area contributed by atoms with Gasteiger partial charge >= 0.3 is 0 Å². The van der Waals surface area contributed by atoms with Crippen molar-refractivity contribution in [2.24, 2.45) is 5.92 Å². The van der Waals surface area contributed by atoms with Gasteiger partial charge in [0.25, 0.3) is 5.91 Å². The van der Waals surface area contributed by atoms with E-state index >= 15 is 0 Å². The average Bonchev–Trinajstić information content (AvgIpc) is 2.41. The van der Waals surface area contributed by atoms with Gasteiger partial charge in [-0.3, -0.25) is 4.79 Å². The molecule has 0 unspecified atom stereocenters. The van der Waals surface area contributed by atoms with Gasteiger partial charge in [-0.15, -0.1) is 0 Å². The van der Waals surface area contributed by atoms with Crippen LogP contribution in [0.4, 0.5) is 0 Å². The highest BCUT2D eigenvalue weighted by Gasteiger charge is 2.08. The van der Waals surface area contributed by atoms with E-state index < -0.39 is 0 Å². The molecule has 1 N–H and O–H groups in total. The number of ether oxygens (including phenoxy) is 1. The molecule has 0 aliphatic rings. The lowest BCUT2D eigenvalue weighted by Crippen LogP contribution is -2.27. The highest BCUT2D eigenvalue weighted by atomic mass is 35.5. The number of carbonyl (C=O) groups is 1. The zero-order chi connectivity index (χ0) is 15.7. The maximum absolute atomic E-state index is 12.0. The summed E-state index contributed by atoms with van der Waals surface area (Å²) in [5.41, 5.74) is 1.41. The fourth-order valence-corrected chi connectivity index (χ4v) is 2.05. The van der Waals surface area contributed by atoms with Crippen LogP contribution >= 0.6 is 11.6 Å². The predicted molar refractivity (Wildman–Crippen MR) is 85.8 cm³/mol. The number of aromatic nitrogens is 1. The first-order valence-corrected chi connectivity index (χ1v) is 7.93. The van der Waals surface area contributed by atoms with Crippen molar-refractivity contribution in [2.75, 3.05) is 19.8 Å². The number of aryl methyl sites for hydroxylation is 1. The number of hydrogen-bond donors (Lipinski definition) is 1. The second kappa shape index (κ2) is 9.74. The van der Waals surface area contributed by atoms with Gasteiger partial charge in [-0.25, -0.2) is 4.98 Å². The molecule has 4 nitrogen and oxygen atoms in total. The first kappa shape index (κ1) is 17.9. The molecule has 0 saturated heterocycles. The highest BCUT2D eigenvalue weighted by Crippen LogP contribution is 2.12. The molecule has 0 aliphatic carbocycles. The van der Waals surface area contributed by atoms with Crippen LogP contribution in [0.3, 0.4) is 0 Å². The second-order valence-corrected chi connectivity index (χ2v) is 5.86. The Morgan fingerprint density at radius 3 is 2.81 bits per heavy atom. The fourth-order valence-electron chi connectivity index (χ4n) is 1.83. The molecule has 1 rings (SSSR count). The van der Waals surface area contributed by atoms with Gasteiger partial charge in [-0.05, 0) is 30.9 Å². The zero-order valence-electron chi connectivity index (χ0n) is 13.1. The third kappa shape index (κ3) is 7.44. The van der Waals surface area contributed by atoms with E-state index in [4.69, 9.17) is 16.3 Å². The van der Waals surface area contributed by atoms with Crippen LogP contribution in [0.5, 0.6) is 0 Å². The summed E-state index contributed by atoms with van der Waals surface area (Å²) in [6, 6.07) is 3.39. The number of hydrogen-bond acceptors (Lipinski definition) is 3. The van der Waals surface area contributed by atoms with Gasteiger partial charge in [0.2, 0.25) is 0 Å². The minimum absolute atomic E-state index is 0.135. The summed E-state index contributed by atoms with van der Waals surface area (Å²) in [4.78, 5) is 16.2. The van der Waals surface area contributed by atoms with Gasteiger partial charge < -0.3 is 10.1 Å². The minimum atomic E-state index is -0.135. The van der Waals surface area contributed by atoms with Crippen molar-refractivity contribution in [2.45, 2.75) is 40.0 Å². The molecular weight excluding hydrogens is 288 g/mol. The third-order valence-electron chi connectivity index (χ3n) is 2.99. The molecule has 118 valence electrons. The lowest BCUT2D eigenvalue weighted by atomic mass is 10.1. The van der Waals surface area contributed by atoms with Gasteiger partial charge in [0.1, 0.15) is 5.15 Å². The summed E-state index contributed by atoms with van der Waals surface area (Å²) in [6.45, 7) is 8.14. The molecule has 0 fully saturated rings. The van der Waals surface area contributed by atoms with Gasteiger partial charge in [0, 0.05) is 24.4 Å². The van der Waals surface area contributed by atoms with Crippen molar-refractivity contribution >= 4 is 17.5 Å². The first-order valence-electron chi connectivity index (χ1n) is 7.55. The van der Waals surface area contributed by atoms with E-state index in [1.807, 2.05) is 0 Å². The number of nitrogens with zero attached hydrogens (tertiary/aromatic N) is 1. The topological polar surface area (TPSA) is 51.2 Å². The first-order chi connectivity index (χ1) is 10.0. The van der Waals surface area contributed by atoms with E-state index in [2.05, 4.69) is 31.1 Å². The number of pyridine rings is 1. The minimum Gasteiger partial charge on any atom is -0.380 e. The van der Waals surface area contributed by atoms with Crippen molar-refractivity contribution in [1.82, 2.24) is 10.3 Å². The SMILES string of the molecule is CCCc1cc(C(=O)NCCOCCC(C)C)cc(Cl)n1. The van der Waals surface area contributed by atoms with E-state index in [-0.39, 0.29) is 5.91 Å². The Kier molecular flexibility index (Phi) is 8.31. The number of nitrogens with one attached hydrogen (secondary N) is 1. The van der Waals surface area contributed by atoms with Crippen molar-refractivity contribution < 1.29 is 9.53 Å². The summed E-state index contributed by atoms with van der Waals surface area (Å²) < 4.78 is 5.46. The second-order valence-electron chi connectivity index (χ2n) is 5.47. The molecule has 0 spiro atoms. The largest absolute Gasteiger partial charge is 0.380 e. The lowest BCUT2D eigenvalue weighted by Gasteiger charge is -2.09. The molecule has 1 aromatic heterocycles. The molecule has 0 atom stereocenters. The van der Waals surface area contributed by atoms with Crippen LogP contribution in [0.2, 0.25) is 5.15 Å². The van der Waals surface area contributed by atoms with Crippen LogP contribution < -0.4 is 5.32 Å². The van der Waals surface area contributed by atoms with Crippen molar-refractivity contribution in [1.29, 1.82) is 0 Å². The number of carbonyl (C=O) groups excluding carboxylic acids is 1. The Morgan fingerprint density at radius 1 is 1.38 bits per heavy atom. The van der Waals surface area contributed by atoms with E-state index in [0.717, 1.165) is 31.6 Å². The van der Waals surface area contributed by atoms with Gasteiger partial charge in [-0.2, -0.15) is 0 Å². The molecule has 0 saturated carbocycles. The fraction of sp³-hybridized carbons (Fsp3) is 0.625. The molecular formula is C16H25ClN2O2. The van der Waals surface area contributed by atoms with Gasteiger partial charge in [0.05, 0.1) is 6.61 Å². The molecule has 1 heterocycles. The predicted octanol–water partition coefficient (Wildman–Crippen LogP) is 3.48. The van der Waals surface area contributed by atoms with Crippen LogP contribution in [0.1, 0.15) is 49.7 Å². The third-order valence-corrected chi connectivity index (χ3v) is 3.18. The summed E-state index contributed by atoms with van der Waals surface area (Å²) >= 11 is 5.95. The number of halogens is 1. The van der Waals surface area contributed by atoms with E-state index in [1.54, 1.807) is 12.1 Å². The normalized spacial score (nSPS) is 10.9. The van der Waals surface area contributed by atoms with E-state index in [0.29, 0.717) is 29.8 Å². The highest BCUT2D eigenvalue weighted by molar-refractivity contribution is 6.29. The molecule has 1 amide bonds. The summed E-state index contributed by atoms with van der Waals surface area (Å²) in [5, 5.41) is 3.19. The monoisotopic (exact) mass is 312 g/mol. The Morgan fingerprint density at radius 2 is 2.14 bits per heavy atom. The average molecular weight is 313 g/mol. The lowest BCUT2D eigenvalue weighted by molar-refractivity contribution is 0.0905. The van der Waals surface area contributed by atoms with Crippen LogP contribution in [0.15, 0.2) is 12.1 Å². The molecule has 0 aromatic carbocycles. The smallest absolute Gasteiger partial charge is 0.251 e. The molecule has 21 heavy (non-hydrogen) atoms. The summed E-state index contributed by atoms with van der Waals surface area (Å²) in [7, 11) is 0. The number of rotatable bonds is 9. The molecule has 0 aliphatic heterocycles. The molecule has 0 bridgehead atoms. The molecule has 5 heteroatoms. The maximum Gasteiger partial charge on any atom is 0.251 e. The molecule has 0 radical (unpaired) electrons. The molecule has 1 aromatic rings. The van der Waals surface area contributed by atoms with Crippen LogP contribution in [-0.2, 0) is 11.2 Å². The van der Waals surface area contributed by atoms with Crippen molar-refractivity contribution in [3.63, 3.8) is 0 Å². The Bertz CT molecular complexity index is 450. The Labute approximate surface area is 132 Å². The zero-order valence-corrected chi connectivity index (χ0v) is 13.9. The Hall–Kier alpha value is -1.13. The number of amides is 1.